The van der Waals surface area contributed by atoms with Crippen molar-refractivity contribution in [1.82, 2.24) is 0 Å². The third-order valence-electron chi connectivity index (χ3n) is 3.58. The molecule has 106 valence electrons. The highest BCUT2D eigenvalue weighted by Gasteiger charge is 2.41. The van der Waals surface area contributed by atoms with Crippen molar-refractivity contribution in [3.63, 3.8) is 0 Å². The van der Waals surface area contributed by atoms with Crippen molar-refractivity contribution in [1.29, 1.82) is 0 Å². The van der Waals surface area contributed by atoms with Gasteiger partial charge in [0.2, 0.25) is 0 Å². The molecule has 4 nitrogen and oxygen atoms in total. The summed E-state index contributed by atoms with van der Waals surface area (Å²) in [5.74, 6) is -1.11. The zero-order valence-corrected chi connectivity index (χ0v) is 12.4. The summed E-state index contributed by atoms with van der Waals surface area (Å²) in [6.07, 6.45) is 1.86. The van der Waals surface area contributed by atoms with Crippen LogP contribution in [0.2, 0.25) is 0 Å². The molecule has 0 aromatic rings. The third-order valence-corrected chi connectivity index (χ3v) is 3.58. The second-order valence-electron chi connectivity index (χ2n) is 4.74. The highest BCUT2D eigenvalue weighted by molar-refractivity contribution is 5.75. The van der Waals surface area contributed by atoms with Gasteiger partial charge in [0, 0.05) is 6.92 Å². The van der Waals surface area contributed by atoms with Crippen LogP contribution in [0, 0.1) is 5.92 Å². The van der Waals surface area contributed by atoms with E-state index in [4.69, 9.17) is 9.47 Å². The number of ether oxygens (including phenoxy) is 2. The van der Waals surface area contributed by atoms with Crippen LogP contribution in [0.1, 0.15) is 60.8 Å². The summed E-state index contributed by atoms with van der Waals surface area (Å²) in [4.78, 5) is 23.3. The Kier molecular flexibility index (Phi) is 6.96. The van der Waals surface area contributed by atoms with Gasteiger partial charge in [-0.15, -0.1) is 0 Å². The van der Waals surface area contributed by atoms with Crippen LogP contribution in [0.3, 0.4) is 0 Å². The molecule has 1 unspecified atom stereocenters. The third kappa shape index (κ3) is 4.31. The Hall–Kier alpha value is -1.06. The second-order valence-corrected chi connectivity index (χ2v) is 4.74. The fourth-order valence-corrected chi connectivity index (χ4v) is 1.98. The Morgan fingerprint density at radius 2 is 1.61 bits per heavy atom. The molecule has 0 rings (SSSR count). The van der Waals surface area contributed by atoms with Gasteiger partial charge in [-0.25, -0.2) is 0 Å². The van der Waals surface area contributed by atoms with Gasteiger partial charge in [0.25, 0.3) is 0 Å². The lowest BCUT2D eigenvalue weighted by molar-refractivity contribution is -0.177. The van der Waals surface area contributed by atoms with Crippen LogP contribution < -0.4 is 0 Å². The first-order valence-corrected chi connectivity index (χ1v) is 6.73. The number of rotatable bonds is 7. The molecule has 0 radical (unpaired) electrons. The van der Waals surface area contributed by atoms with Crippen molar-refractivity contribution < 1.29 is 19.1 Å². The first-order chi connectivity index (χ1) is 8.32. The van der Waals surface area contributed by atoms with Crippen LogP contribution in [-0.2, 0) is 19.1 Å². The van der Waals surface area contributed by atoms with Crippen molar-refractivity contribution in [3.8, 4) is 0 Å². The fraction of sp³-hybridized carbons (Fsp3) is 0.857. The maximum Gasteiger partial charge on any atom is 0.312 e. The number of hydrogen-bond donors (Lipinski definition) is 0. The van der Waals surface area contributed by atoms with Gasteiger partial charge in [-0.1, -0.05) is 20.8 Å². The molecule has 0 amide bonds. The smallest absolute Gasteiger partial charge is 0.312 e. The largest absolute Gasteiger partial charge is 0.462 e. The van der Waals surface area contributed by atoms with Crippen LogP contribution in [-0.4, -0.2) is 23.6 Å². The van der Waals surface area contributed by atoms with Crippen LogP contribution in [0.5, 0.6) is 0 Å². The molecular formula is C14H26O4. The second kappa shape index (κ2) is 7.39. The summed E-state index contributed by atoms with van der Waals surface area (Å²) < 4.78 is 10.7. The van der Waals surface area contributed by atoms with Crippen LogP contribution >= 0.6 is 0 Å². The number of carbonyl (C=O) groups is 2. The molecule has 18 heavy (non-hydrogen) atoms. The molecule has 0 saturated carbocycles. The van der Waals surface area contributed by atoms with Crippen molar-refractivity contribution in [2.24, 2.45) is 5.92 Å². The van der Waals surface area contributed by atoms with E-state index in [1.165, 1.54) is 6.92 Å². The molecule has 0 aliphatic heterocycles. The van der Waals surface area contributed by atoms with E-state index in [1.807, 2.05) is 27.7 Å². The Balaban J connectivity index is 4.89. The van der Waals surface area contributed by atoms with Crippen molar-refractivity contribution in [3.05, 3.63) is 0 Å². The molecule has 4 heteroatoms. The molecule has 0 aliphatic rings. The van der Waals surface area contributed by atoms with Gasteiger partial charge >= 0.3 is 11.9 Å². The number of hydrogen-bond acceptors (Lipinski definition) is 4. The first-order valence-electron chi connectivity index (χ1n) is 6.73. The van der Waals surface area contributed by atoms with Gasteiger partial charge in [0.1, 0.15) is 5.60 Å². The van der Waals surface area contributed by atoms with Crippen molar-refractivity contribution in [2.75, 3.05) is 0 Å². The summed E-state index contributed by atoms with van der Waals surface area (Å²) in [6.45, 7) is 10.8. The van der Waals surface area contributed by atoms with E-state index in [-0.39, 0.29) is 18.0 Å². The summed E-state index contributed by atoms with van der Waals surface area (Å²) in [5, 5.41) is 0. The van der Waals surface area contributed by atoms with E-state index in [9.17, 15) is 9.59 Å². The predicted octanol–water partition coefficient (Wildman–Crippen LogP) is 3.09. The van der Waals surface area contributed by atoms with Gasteiger partial charge < -0.3 is 9.47 Å². The van der Waals surface area contributed by atoms with Crippen LogP contribution in [0.15, 0.2) is 0 Å². The lowest BCUT2D eigenvalue weighted by Gasteiger charge is -2.35. The molecule has 0 saturated heterocycles. The first kappa shape index (κ1) is 16.9. The highest BCUT2D eigenvalue weighted by Crippen LogP contribution is 2.31. The minimum atomic E-state index is -0.754. The number of esters is 2. The van der Waals surface area contributed by atoms with Crippen molar-refractivity contribution >= 4 is 11.9 Å². The summed E-state index contributed by atoms with van der Waals surface area (Å²) >= 11 is 0. The molecule has 0 heterocycles. The van der Waals surface area contributed by atoms with Crippen LogP contribution in [0.4, 0.5) is 0 Å². The van der Waals surface area contributed by atoms with E-state index in [1.54, 1.807) is 6.92 Å². The Morgan fingerprint density at radius 1 is 1.11 bits per heavy atom. The van der Waals surface area contributed by atoms with Crippen molar-refractivity contribution in [2.45, 2.75) is 72.5 Å². The minimum absolute atomic E-state index is 0.108. The monoisotopic (exact) mass is 258 g/mol. The molecule has 0 aliphatic carbocycles. The summed E-state index contributed by atoms with van der Waals surface area (Å²) in [7, 11) is 0. The Morgan fingerprint density at radius 3 is 1.94 bits per heavy atom. The SMILES string of the molecule is CCC(C)OC(=O)[C@H](C)C(CC)(CC)OC(C)=O. The van der Waals surface area contributed by atoms with E-state index in [0.29, 0.717) is 12.8 Å². The van der Waals surface area contributed by atoms with Gasteiger partial charge in [0.05, 0.1) is 12.0 Å². The summed E-state index contributed by atoms with van der Waals surface area (Å²) in [6, 6.07) is 0. The van der Waals surface area contributed by atoms with E-state index in [0.717, 1.165) is 6.42 Å². The topological polar surface area (TPSA) is 52.6 Å². The quantitative estimate of drug-likeness (QED) is 0.658. The molecule has 0 N–H and O–H groups in total. The maximum absolute atomic E-state index is 12.0. The molecule has 0 aromatic carbocycles. The lowest BCUT2D eigenvalue weighted by atomic mass is 9.83. The molecule has 0 aromatic heterocycles. The molecule has 2 atom stereocenters. The normalized spacial score (nSPS) is 14.8. The number of carbonyl (C=O) groups excluding carboxylic acids is 2. The van der Waals surface area contributed by atoms with Gasteiger partial charge in [-0.2, -0.15) is 0 Å². The molecule has 0 bridgehead atoms. The fourth-order valence-electron chi connectivity index (χ4n) is 1.98. The maximum atomic E-state index is 12.0. The predicted molar refractivity (Wildman–Crippen MR) is 70.1 cm³/mol. The highest BCUT2D eigenvalue weighted by atomic mass is 16.6. The van der Waals surface area contributed by atoms with E-state index < -0.39 is 11.5 Å². The lowest BCUT2D eigenvalue weighted by Crippen LogP contribution is -2.44. The van der Waals surface area contributed by atoms with E-state index >= 15 is 0 Å². The zero-order chi connectivity index (χ0) is 14.3. The molecule has 0 fully saturated rings. The standard InChI is InChI=1S/C14H26O4/c1-7-10(4)17-13(16)11(5)14(8-2,9-3)18-12(6)15/h10-11H,7-9H2,1-6H3/t10?,11-/m0/s1. The zero-order valence-electron chi connectivity index (χ0n) is 12.4. The van der Waals surface area contributed by atoms with Gasteiger partial charge in [-0.3, -0.25) is 9.59 Å². The van der Waals surface area contributed by atoms with Gasteiger partial charge in [0.15, 0.2) is 0 Å². The van der Waals surface area contributed by atoms with Gasteiger partial charge in [-0.05, 0) is 33.1 Å². The van der Waals surface area contributed by atoms with Crippen LogP contribution in [0.25, 0.3) is 0 Å². The molecular weight excluding hydrogens is 232 g/mol. The minimum Gasteiger partial charge on any atom is -0.462 e. The molecule has 0 spiro atoms. The van der Waals surface area contributed by atoms with E-state index in [2.05, 4.69) is 0 Å². The average Bonchev–Trinajstić information content (AvgIpc) is 2.34. The average molecular weight is 258 g/mol. The Bertz CT molecular complexity index is 282. The summed E-state index contributed by atoms with van der Waals surface area (Å²) in [5.41, 5.74) is -0.754. The Labute approximate surface area is 110 Å².